The Kier molecular flexibility index (Phi) is 771. The van der Waals surface area contributed by atoms with Gasteiger partial charge in [0.1, 0.15) is 0 Å². The zero-order valence-corrected chi connectivity index (χ0v) is 5.68. The fourth-order valence-electron chi connectivity index (χ4n) is 0. The Morgan fingerprint density at radius 3 is 0.800 bits per heavy atom. The summed E-state index contributed by atoms with van der Waals surface area (Å²) in [4.78, 5) is 0. The molecule has 0 unspecified atom stereocenters. The van der Waals surface area contributed by atoms with Gasteiger partial charge in [0.15, 0.2) is 0 Å². The van der Waals surface area contributed by atoms with Gasteiger partial charge in [0, 0.05) is 17.1 Å². The SMILES string of the molecule is O.[Cl-].[Cl-].[Fe+2].[Fe]. The van der Waals surface area contributed by atoms with E-state index >= 15 is 0 Å². The Bertz CT molecular complexity index is 7.61. The van der Waals surface area contributed by atoms with E-state index in [1.807, 2.05) is 0 Å². The number of halogens is 2. The first-order valence-corrected chi connectivity index (χ1v) is 0. The predicted molar refractivity (Wildman–Crippen MR) is 3.61 cm³/mol. The first-order valence-electron chi connectivity index (χ1n) is 0. The van der Waals surface area contributed by atoms with E-state index in [4.69, 9.17) is 0 Å². The van der Waals surface area contributed by atoms with Crippen LogP contribution in [0.15, 0.2) is 0 Å². The minimum absolute atomic E-state index is 0. The number of rotatable bonds is 0. The quantitative estimate of drug-likeness (QED) is 0.348. The van der Waals surface area contributed by atoms with Gasteiger partial charge in [0.25, 0.3) is 0 Å². The third kappa shape index (κ3) is 28.7. The minimum Gasteiger partial charge on any atom is -1.00 e. The summed E-state index contributed by atoms with van der Waals surface area (Å²) in [5.74, 6) is 0. The molecule has 38 valence electrons. The second-order valence-electron chi connectivity index (χ2n) is 0. The maximum absolute atomic E-state index is 0. The van der Waals surface area contributed by atoms with Crippen LogP contribution in [-0.4, -0.2) is 5.48 Å². The number of hydrogen-bond donors (Lipinski definition) is 0. The van der Waals surface area contributed by atoms with Gasteiger partial charge >= 0.3 is 17.1 Å². The van der Waals surface area contributed by atoms with Gasteiger partial charge in [-0.15, -0.1) is 0 Å². The van der Waals surface area contributed by atoms with Crippen LogP contribution >= 0.6 is 0 Å². The standard InChI is InChI=1S/2ClH.2Fe.H2O/h2*1H;;;1H2/q;;;+2;/p-2. The Hall–Kier alpha value is 1.58. The van der Waals surface area contributed by atoms with Crippen LogP contribution < -0.4 is 24.8 Å². The van der Waals surface area contributed by atoms with Crippen LogP contribution in [0.25, 0.3) is 0 Å². The minimum atomic E-state index is 0. The predicted octanol–water partition coefficient (Wildman–Crippen LogP) is -6.82. The van der Waals surface area contributed by atoms with Gasteiger partial charge in [-0.25, -0.2) is 0 Å². The first kappa shape index (κ1) is 82.1. The zero-order valence-electron chi connectivity index (χ0n) is 1.96. The molecule has 0 fully saturated rings. The van der Waals surface area contributed by atoms with Crippen LogP contribution in [0.1, 0.15) is 0 Å². The molecule has 0 aromatic rings. The van der Waals surface area contributed by atoms with E-state index < -0.39 is 0 Å². The molecule has 0 bridgehead atoms. The molecule has 5 heavy (non-hydrogen) atoms. The topological polar surface area (TPSA) is 31.5 Å². The molecule has 0 spiro atoms. The number of hydrogen-bond acceptors (Lipinski definition) is 0. The van der Waals surface area contributed by atoms with Crippen molar-refractivity contribution in [2.24, 2.45) is 0 Å². The average molecular weight is 201 g/mol. The molecule has 0 aliphatic heterocycles. The molecule has 0 radical (unpaired) electrons. The van der Waals surface area contributed by atoms with Crippen LogP contribution in [0.3, 0.4) is 0 Å². The van der Waals surface area contributed by atoms with E-state index in [-0.39, 0.29) is 64.4 Å². The van der Waals surface area contributed by atoms with Crippen LogP contribution in [0, 0.1) is 0 Å². The summed E-state index contributed by atoms with van der Waals surface area (Å²) in [6, 6.07) is 0. The smallest absolute Gasteiger partial charge is 1.00 e. The second kappa shape index (κ2) is 46.9. The van der Waals surface area contributed by atoms with Crippen molar-refractivity contribution in [1.29, 1.82) is 0 Å². The van der Waals surface area contributed by atoms with Crippen molar-refractivity contribution < 1.29 is 64.4 Å². The monoisotopic (exact) mass is 200 g/mol. The molecule has 1 nitrogen and oxygen atoms in total. The van der Waals surface area contributed by atoms with Crippen molar-refractivity contribution >= 4 is 0 Å². The summed E-state index contributed by atoms with van der Waals surface area (Å²) in [6.07, 6.45) is 0. The van der Waals surface area contributed by atoms with E-state index in [9.17, 15) is 0 Å². The summed E-state index contributed by atoms with van der Waals surface area (Å²) in [6.45, 7) is 0. The summed E-state index contributed by atoms with van der Waals surface area (Å²) >= 11 is 0. The third-order valence-corrected chi connectivity index (χ3v) is 0. The summed E-state index contributed by atoms with van der Waals surface area (Å²) < 4.78 is 0. The summed E-state index contributed by atoms with van der Waals surface area (Å²) in [5.41, 5.74) is 0. The van der Waals surface area contributed by atoms with Gasteiger partial charge in [-0.3, -0.25) is 0 Å². The molecule has 2 N–H and O–H groups in total. The third-order valence-electron chi connectivity index (χ3n) is 0. The second-order valence-corrected chi connectivity index (χ2v) is 0. The van der Waals surface area contributed by atoms with E-state index in [2.05, 4.69) is 0 Å². The maximum atomic E-state index is 0. The van der Waals surface area contributed by atoms with Gasteiger partial charge in [-0.1, -0.05) is 0 Å². The van der Waals surface area contributed by atoms with E-state index in [0.29, 0.717) is 0 Å². The average Bonchev–Trinajstić information content (AvgIpc) is 0. The molecular formula is H2Cl2Fe2O. The Morgan fingerprint density at radius 1 is 0.800 bits per heavy atom. The van der Waals surface area contributed by atoms with Crippen molar-refractivity contribution in [1.82, 2.24) is 0 Å². The molecular weight excluding hydrogens is 199 g/mol. The molecule has 0 aromatic carbocycles. The normalized spacial score (nSPS) is 0. The van der Waals surface area contributed by atoms with E-state index in [1.165, 1.54) is 0 Å². The summed E-state index contributed by atoms with van der Waals surface area (Å²) in [7, 11) is 0. The fraction of sp³-hybridized carbons (Fsp3) is 0. The molecule has 0 saturated carbocycles. The fourth-order valence-corrected chi connectivity index (χ4v) is 0. The van der Waals surface area contributed by atoms with Gasteiger partial charge < -0.3 is 30.3 Å². The van der Waals surface area contributed by atoms with Gasteiger partial charge in [-0.2, -0.15) is 0 Å². The Morgan fingerprint density at radius 2 is 0.800 bits per heavy atom. The van der Waals surface area contributed by atoms with Crippen molar-refractivity contribution in [2.45, 2.75) is 0 Å². The van der Waals surface area contributed by atoms with Crippen molar-refractivity contribution in [3.8, 4) is 0 Å². The Labute approximate surface area is 64.3 Å². The molecule has 0 saturated heterocycles. The zero-order chi connectivity index (χ0) is 0. The van der Waals surface area contributed by atoms with Gasteiger partial charge in [-0.05, 0) is 0 Å². The van der Waals surface area contributed by atoms with Crippen molar-refractivity contribution in [3.05, 3.63) is 0 Å². The molecule has 0 aromatic heterocycles. The molecule has 0 heterocycles. The largest absolute Gasteiger partial charge is 2.00 e. The molecule has 0 aliphatic rings. The van der Waals surface area contributed by atoms with E-state index in [0.717, 1.165) is 0 Å². The Balaban J connectivity index is 0. The molecule has 0 rings (SSSR count). The van der Waals surface area contributed by atoms with Crippen molar-refractivity contribution in [3.63, 3.8) is 0 Å². The summed E-state index contributed by atoms with van der Waals surface area (Å²) in [5, 5.41) is 0. The molecule has 0 atom stereocenters. The van der Waals surface area contributed by atoms with Crippen molar-refractivity contribution in [2.75, 3.05) is 0 Å². The molecule has 0 amide bonds. The van der Waals surface area contributed by atoms with Crippen LogP contribution in [-0.2, 0) is 34.1 Å². The molecule has 5 heteroatoms. The first-order chi connectivity index (χ1) is 0. The van der Waals surface area contributed by atoms with Gasteiger partial charge in [0.05, 0.1) is 0 Å². The van der Waals surface area contributed by atoms with E-state index in [1.54, 1.807) is 0 Å². The van der Waals surface area contributed by atoms with Gasteiger partial charge in [0.2, 0.25) is 0 Å². The molecule has 0 aliphatic carbocycles. The van der Waals surface area contributed by atoms with Crippen LogP contribution in [0.2, 0.25) is 0 Å². The van der Waals surface area contributed by atoms with Crippen LogP contribution in [0.5, 0.6) is 0 Å². The van der Waals surface area contributed by atoms with Crippen LogP contribution in [0.4, 0.5) is 0 Å². The maximum Gasteiger partial charge on any atom is 2.00 e.